The summed E-state index contributed by atoms with van der Waals surface area (Å²) < 4.78 is 10.5. The average molecular weight is 351 g/mol. The standard InChI is InChI=1S/C20H17NO5/c1-25-20(22)19-13-17(15-5-3-2-4-6-15)18(26-19)12-9-14-7-10-16(11-8-14)21(23)24/h2-13,17-18H,1H3/b12-9+/t17-,18+/m1/s1. The maximum Gasteiger partial charge on any atom is 0.373 e. The number of nitro benzene ring substituents is 1. The number of hydrogen-bond donors (Lipinski definition) is 0. The van der Waals surface area contributed by atoms with E-state index in [0.717, 1.165) is 11.1 Å². The second-order valence-corrected chi connectivity index (χ2v) is 5.75. The number of benzene rings is 2. The molecule has 0 aliphatic carbocycles. The Bertz CT molecular complexity index is 856. The lowest BCUT2D eigenvalue weighted by molar-refractivity contribution is -0.384. The molecule has 1 heterocycles. The molecular formula is C20H17NO5. The second-order valence-electron chi connectivity index (χ2n) is 5.75. The molecule has 26 heavy (non-hydrogen) atoms. The summed E-state index contributed by atoms with van der Waals surface area (Å²) in [5.41, 5.74) is 1.86. The van der Waals surface area contributed by atoms with Crippen molar-refractivity contribution in [3.63, 3.8) is 0 Å². The summed E-state index contributed by atoms with van der Waals surface area (Å²) in [7, 11) is 1.31. The predicted octanol–water partition coefficient (Wildman–Crippen LogP) is 3.85. The van der Waals surface area contributed by atoms with Gasteiger partial charge in [-0.25, -0.2) is 4.79 Å². The normalized spacial score (nSPS) is 19.0. The van der Waals surface area contributed by atoms with Crippen LogP contribution in [0.4, 0.5) is 5.69 Å². The molecule has 2 atom stereocenters. The molecule has 1 aliphatic rings. The molecule has 0 radical (unpaired) electrons. The number of hydrogen-bond acceptors (Lipinski definition) is 5. The molecule has 0 fully saturated rings. The Morgan fingerprint density at radius 2 is 1.85 bits per heavy atom. The number of rotatable bonds is 5. The highest BCUT2D eigenvalue weighted by molar-refractivity contribution is 5.87. The summed E-state index contributed by atoms with van der Waals surface area (Å²) >= 11 is 0. The molecule has 6 nitrogen and oxygen atoms in total. The number of esters is 1. The Morgan fingerprint density at radius 1 is 1.15 bits per heavy atom. The molecular weight excluding hydrogens is 334 g/mol. The van der Waals surface area contributed by atoms with E-state index in [0.29, 0.717) is 0 Å². The Morgan fingerprint density at radius 3 is 2.46 bits per heavy atom. The molecule has 0 saturated carbocycles. The Balaban J connectivity index is 1.83. The molecule has 2 aromatic carbocycles. The van der Waals surface area contributed by atoms with Crippen molar-refractivity contribution in [3.8, 4) is 0 Å². The van der Waals surface area contributed by atoms with Crippen LogP contribution in [0.15, 0.2) is 72.5 Å². The largest absolute Gasteiger partial charge is 0.478 e. The van der Waals surface area contributed by atoms with Gasteiger partial charge in [-0.15, -0.1) is 0 Å². The molecule has 0 aromatic heterocycles. The number of carbonyl (C=O) groups excluding carboxylic acids is 1. The first-order valence-corrected chi connectivity index (χ1v) is 8.03. The van der Waals surface area contributed by atoms with Crippen molar-refractivity contribution in [2.45, 2.75) is 12.0 Å². The second kappa shape index (κ2) is 7.65. The SMILES string of the molecule is COC(=O)C1=C[C@H](c2ccccc2)[C@H](/C=C/c2ccc([N+](=O)[O-])cc2)O1. The molecule has 2 aromatic rings. The smallest absolute Gasteiger partial charge is 0.373 e. The summed E-state index contributed by atoms with van der Waals surface area (Å²) in [6.45, 7) is 0. The van der Waals surface area contributed by atoms with Gasteiger partial charge in [0.05, 0.1) is 12.0 Å². The van der Waals surface area contributed by atoms with Crippen LogP contribution in [0.1, 0.15) is 17.0 Å². The minimum Gasteiger partial charge on any atom is -0.478 e. The highest BCUT2D eigenvalue weighted by Crippen LogP contribution is 2.34. The molecule has 132 valence electrons. The highest BCUT2D eigenvalue weighted by atomic mass is 16.6. The quantitative estimate of drug-likeness (QED) is 0.464. The Labute approximate surface area is 150 Å². The van der Waals surface area contributed by atoms with E-state index in [-0.39, 0.29) is 23.5 Å². The first-order valence-electron chi connectivity index (χ1n) is 8.03. The Kier molecular flexibility index (Phi) is 5.12. The molecule has 6 heteroatoms. The summed E-state index contributed by atoms with van der Waals surface area (Å²) in [5, 5.41) is 10.7. The molecule has 0 spiro atoms. The molecule has 1 aliphatic heterocycles. The van der Waals surface area contributed by atoms with Crippen molar-refractivity contribution in [2.75, 3.05) is 7.11 Å². The van der Waals surface area contributed by atoms with Gasteiger partial charge in [-0.3, -0.25) is 10.1 Å². The number of ether oxygens (including phenoxy) is 2. The summed E-state index contributed by atoms with van der Waals surface area (Å²) in [6.07, 6.45) is 5.04. The van der Waals surface area contributed by atoms with Crippen molar-refractivity contribution in [2.24, 2.45) is 0 Å². The molecule has 0 N–H and O–H groups in total. The van der Waals surface area contributed by atoms with Gasteiger partial charge in [0.1, 0.15) is 6.10 Å². The van der Waals surface area contributed by atoms with Crippen LogP contribution in [-0.4, -0.2) is 24.1 Å². The van der Waals surface area contributed by atoms with E-state index in [1.54, 1.807) is 18.2 Å². The maximum atomic E-state index is 11.8. The van der Waals surface area contributed by atoms with Gasteiger partial charge in [-0.1, -0.05) is 36.4 Å². The zero-order valence-electron chi connectivity index (χ0n) is 14.1. The van der Waals surface area contributed by atoms with E-state index in [2.05, 4.69) is 0 Å². The average Bonchev–Trinajstić information content (AvgIpc) is 3.11. The topological polar surface area (TPSA) is 78.7 Å². The molecule has 0 bridgehead atoms. The fraction of sp³-hybridized carbons (Fsp3) is 0.150. The summed E-state index contributed by atoms with van der Waals surface area (Å²) in [5.74, 6) is -0.462. The Hall–Kier alpha value is -3.41. The van der Waals surface area contributed by atoms with Crippen molar-refractivity contribution >= 4 is 17.7 Å². The zero-order valence-corrected chi connectivity index (χ0v) is 14.1. The fourth-order valence-corrected chi connectivity index (χ4v) is 2.77. The van der Waals surface area contributed by atoms with Crippen LogP contribution in [0.2, 0.25) is 0 Å². The third-order valence-corrected chi connectivity index (χ3v) is 4.10. The number of non-ortho nitro benzene ring substituents is 1. The van der Waals surface area contributed by atoms with Gasteiger partial charge >= 0.3 is 5.97 Å². The highest BCUT2D eigenvalue weighted by Gasteiger charge is 2.32. The minimum absolute atomic E-state index is 0.0380. The van der Waals surface area contributed by atoms with Gasteiger partial charge in [0, 0.05) is 18.1 Å². The molecule has 0 unspecified atom stereocenters. The number of nitro groups is 1. The van der Waals surface area contributed by atoms with Crippen LogP contribution in [0.25, 0.3) is 6.08 Å². The zero-order chi connectivity index (χ0) is 18.5. The van der Waals surface area contributed by atoms with Crippen LogP contribution in [-0.2, 0) is 14.3 Å². The summed E-state index contributed by atoms with van der Waals surface area (Å²) in [6, 6.07) is 15.9. The number of nitrogens with zero attached hydrogens (tertiary/aromatic N) is 1. The van der Waals surface area contributed by atoms with Crippen LogP contribution in [0, 0.1) is 10.1 Å². The third-order valence-electron chi connectivity index (χ3n) is 4.10. The van der Waals surface area contributed by atoms with Crippen molar-refractivity contribution < 1.29 is 19.2 Å². The lowest BCUT2D eigenvalue weighted by Gasteiger charge is -2.16. The summed E-state index contributed by atoms with van der Waals surface area (Å²) in [4.78, 5) is 22.1. The van der Waals surface area contributed by atoms with Crippen molar-refractivity contribution in [1.82, 2.24) is 0 Å². The van der Waals surface area contributed by atoms with Gasteiger partial charge in [0.25, 0.3) is 5.69 Å². The first-order chi connectivity index (χ1) is 12.6. The van der Waals surface area contributed by atoms with Gasteiger partial charge in [-0.2, -0.15) is 0 Å². The fourth-order valence-electron chi connectivity index (χ4n) is 2.77. The number of carbonyl (C=O) groups is 1. The van der Waals surface area contributed by atoms with Crippen LogP contribution in [0.3, 0.4) is 0 Å². The van der Waals surface area contributed by atoms with Gasteiger partial charge in [0.2, 0.25) is 5.76 Å². The molecule has 0 saturated heterocycles. The minimum atomic E-state index is -0.517. The van der Waals surface area contributed by atoms with E-state index in [1.165, 1.54) is 19.2 Å². The maximum absolute atomic E-state index is 11.8. The van der Waals surface area contributed by atoms with E-state index in [4.69, 9.17) is 9.47 Å². The lowest BCUT2D eigenvalue weighted by atomic mass is 9.93. The third kappa shape index (κ3) is 3.80. The predicted molar refractivity (Wildman–Crippen MR) is 96.3 cm³/mol. The first kappa shape index (κ1) is 17.4. The van der Waals surface area contributed by atoms with Crippen LogP contribution < -0.4 is 0 Å². The monoisotopic (exact) mass is 351 g/mol. The van der Waals surface area contributed by atoms with Crippen molar-refractivity contribution in [1.29, 1.82) is 0 Å². The van der Waals surface area contributed by atoms with Gasteiger partial charge < -0.3 is 9.47 Å². The number of methoxy groups -OCH3 is 1. The van der Waals surface area contributed by atoms with Crippen molar-refractivity contribution in [3.05, 3.63) is 93.7 Å². The van der Waals surface area contributed by atoms with E-state index in [1.807, 2.05) is 42.5 Å². The molecule has 0 amide bonds. The van der Waals surface area contributed by atoms with E-state index in [9.17, 15) is 14.9 Å². The van der Waals surface area contributed by atoms with Gasteiger partial charge in [0.15, 0.2) is 0 Å². The molecule has 3 rings (SSSR count). The van der Waals surface area contributed by atoms with Gasteiger partial charge in [-0.05, 0) is 35.4 Å². The van der Waals surface area contributed by atoms with Crippen LogP contribution >= 0.6 is 0 Å². The van der Waals surface area contributed by atoms with E-state index >= 15 is 0 Å². The van der Waals surface area contributed by atoms with Crippen LogP contribution in [0.5, 0.6) is 0 Å². The lowest BCUT2D eigenvalue weighted by Crippen LogP contribution is -2.14. The van der Waals surface area contributed by atoms with E-state index < -0.39 is 10.9 Å².